The number of furan rings is 1. The van der Waals surface area contributed by atoms with E-state index >= 15 is 0 Å². The number of carbonyl (C=O) groups is 1. The van der Waals surface area contributed by atoms with Crippen molar-refractivity contribution in [3.63, 3.8) is 0 Å². The normalized spacial score (nSPS) is 12.7. The van der Waals surface area contributed by atoms with E-state index in [9.17, 15) is 4.79 Å². The Morgan fingerprint density at radius 1 is 1.67 bits per heavy atom. The molecule has 0 aliphatic rings. The summed E-state index contributed by atoms with van der Waals surface area (Å²) in [6.45, 7) is 2.69. The quantitative estimate of drug-likeness (QED) is 0.610. The number of nitrogens with one attached hydrogen (secondary N) is 1. The van der Waals surface area contributed by atoms with Gasteiger partial charge in [-0.05, 0) is 26.0 Å². The van der Waals surface area contributed by atoms with E-state index in [-0.39, 0.29) is 11.7 Å². The molecule has 0 fully saturated rings. The van der Waals surface area contributed by atoms with E-state index in [0.717, 1.165) is 0 Å². The Labute approximate surface area is 87.7 Å². The number of hydrogen-bond acceptors (Lipinski definition) is 4. The Bertz CT molecular complexity index is 319. The summed E-state index contributed by atoms with van der Waals surface area (Å²) >= 11 is 0. The summed E-state index contributed by atoms with van der Waals surface area (Å²) in [7, 11) is 0. The molecule has 0 aliphatic heterocycles. The van der Waals surface area contributed by atoms with Crippen molar-refractivity contribution >= 4 is 5.97 Å². The smallest absolute Gasteiger partial charge is 0.339 e. The maximum absolute atomic E-state index is 10.7. The van der Waals surface area contributed by atoms with Crippen LogP contribution in [0.1, 0.15) is 29.5 Å². The number of aliphatic hydroxyl groups excluding tert-OH is 1. The van der Waals surface area contributed by atoms with Crippen LogP contribution < -0.4 is 5.32 Å². The van der Waals surface area contributed by atoms with Crippen molar-refractivity contribution in [2.45, 2.75) is 26.0 Å². The van der Waals surface area contributed by atoms with Crippen LogP contribution in [0.2, 0.25) is 0 Å². The van der Waals surface area contributed by atoms with Gasteiger partial charge >= 0.3 is 5.97 Å². The molecule has 0 saturated carbocycles. The van der Waals surface area contributed by atoms with Gasteiger partial charge in [0.05, 0.1) is 18.9 Å². The molecule has 1 unspecified atom stereocenters. The fraction of sp³-hybridized carbons (Fsp3) is 0.500. The van der Waals surface area contributed by atoms with Crippen LogP contribution in [-0.2, 0) is 6.54 Å². The first-order chi connectivity index (χ1) is 7.11. The van der Waals surface area contributed by atoms with Gasteiger partial charge in [-0.3, -0.25) is 0 Å². The number of rotatable bonds is 6. The van der Waals surface area contributed by atoms with Gasteiger partial charge in [0.2, 0.25) is 0 Å². The Morgan fingerprint density at radius 2 is 2.40 bits per heavy atom. The van der Waals surface area contributed by atoms with Gasteiger partial charge in [0.25, 0.3) is 0 Å². The summed E-state index contributed by atoms with van der Waals surface area (Å²) in [6, 6.07) is 1.42. The highest BCUT2D eigenvalue weighted by atomic mass is 16.4. The van der Waals surface area contributed by atoms with Crippen LogP contribution in [0.4, 0.5) is 0 Å². The number of aromatic carboxylic acids is 1. The Hall–Kier alpha value is -1.33. The van der Waals surface area contributed by atoms with Crippen LogP contribution in [0.3, 0.4) is 0 Å². The largest absolute Gasteiger partial charge is 0.478 e. The average Bonchev–Trinajstić information content (AvgIpc) is 2.60. The molecular weight excluding hydrogens is 198 g/mol. The molecule has 3 N–H and O–H groups in total. The standard InChI is InChI=1S/C10H15NO4/c1-7(12)2-4-11-6-9-8(10(13)14)3-5-15-9/h3,5,7,11-12H,2,4,6H2,1H3,(H,13,14). The minimum atomic E-state index is -0.990. The van der Waals surface area contributed by atoms with Crippen molar-refractivity contribution in [2.75, 3.05) is 6.54 Å². The fourth-order valence-electron chi connectivity index (χ4n) is 1.18. The number of carboxylic acid groups (broad SMARTS) is 1. The second kappa shape index (κ2) is 5.53. The summed E-state index contributed by atoms with van der Waals surface area (Å²) < 4.78 is 5.03. The highest BCUT2D eigenvalue weighted by Gasteiger charge is 2.12. The zero-order valence-electron chi connectivity index (χ0n) is 8.56. The lowest BCUT2D eigenvalue weighted by molar-refractivity contribution is 0.0694. The third kappa shape index (κ3) is 3.73. The van der Waals surface area contributed by atoms with Gasteiger partial charge in [-0.2, -0.15) is 0 Å². The van der Waals surface area contributed by atoms with E-state index in [4.69, 9.17) is 14.6 Å². The lowest BCUT2D eigenvalue weighted by Gasteiger charge is -2.05. The Kier molecular flexibility index (Phi) is 4.33. The van der Waals surface area contributed by atoms with Gasteiger partial charge in [0, 0.05) is 0 Å². The molecule has 5 heteroatoms. The highest BCUT2D eigenvalue weighted by molar-refractivity contribution is 5.88. The molecule has 5 nitrogen and oxygen atoms in total. The maximum atomic E-state index is 10.7. The first-order valence-electron chi connectivity index (χ1n) is 4.79. The SMILES string of the molecule is CC(O)CCNCc1occc1C(=O)O. The van der Waals surface area contributed by atoms with Gasteiger partial charge < -0.3 is 19.9 Å². The maximum Gasteiger partial charge on any atom is 0.339 e. The number of hydrogen-bond donors (Lipinski definition) is 3. The molecule has 0 amide bonds. The third-order valence-electron chi connectivity index (χ3n) is 2.00. The predicted molar refractivity (Wildman–Crippen MR) is 53.7 cm³/mol. The second-order valence-electron chi connectivity index (χ2n) is 3.38. The summed E-state index contributed by atoms with van der Waals surface area (Å²) in [5.41, 5.74) is 0.180. The van der Waals surface area contributed by atoms with E-state index in [0.29, 0.717) is 25.3 Å². The van der Waals surface area contributed by atoms with Crippen LogP contribution in [0.15, 0.2) is 16.7 Å². The van der Waals surface area contributed by atoms with E-state index < -0.39 is 5.97 Å². The monoisotopic (exact) mass is 213 g/mol. The van der Waals surface area contributed by atoms with Crippen LogP contribution >= 0.6 is 0 Å². The molecule has 1 aromatic rings. The molecule has 0 bridgehead atoms. The van der Waals surface area contributed by atoms with E-state index in [1.807, 2.05) is 0 Å². The molecule has 15 heavy (non-hydrogen) atoms. The van der Waals surface area contributed by atoms with Gasteiger partial charge in [0.15, 0.2) is 0 Å². The second-order valence-corrected chi connectivity index (χ2v) is 3.38. The molecule has 0 aliphatic carbocycles. The molecule has 1 rings (SSSR count). The lowest BCUT2D eigenvalue weighted by atomic mass is 10.2. The lowest BCUT2D eigenvalue weighted by Crippen LogP contribution is -2.19. The molecular formula is C10H15NO4. The van der Waals surface area contributed by atoms with Crippen molar-refractivity contribution in [1.82, 2.24) is 5.32 Å². The predicted octanol–water partition coefficient (Wildman–Crippen LogP) is 0.838. The minimum Gasteiger partial charge on any atom is -0.478 e. The van der Waals surface area contributed by atoms with Crippen LogP contribution in [0.5, 0.6) is 0 Å². The fourth-order valence-corrected chi connectivity index (χ4v) is 1.18. The topological polar surface area (TPSA) is 82.7 Å². The van der Waals surface area contributed by atoms with Crippen molar-refractivity contribution in [3.8, 4) is 0 Å². The molecule has 1 aromatic heterocycles. The van der Waals surface area contributed by atoms with Crippen LogP contribution in [0.25, 0.3) is 0 Å². The van der Waals surface area contributed by atoms with Crippen LogP contribution in [0, 0.1) is 0 Å². The first kappa shape index (κ1) is 11.7. The molecule has 0 saturated heterocycles. The highest BCUT2D eigenvalue weighted by Crippen LogP contribution is 2.09. The van der Waals surface area contributed by atoms with Gasteiger partial charge in [-0.1, -0.05) is 0 Å². The van der Waals surface area contributed by atoms with Gasteiger partial charge in [0.1, 0.15) is 11.3 Å². The van der Waals surface area contributed by atoms with Gasteiger partial charge in [-0.15, -0.1) is 0 Å². The minimum absolute atomic E-state index is 0.180. The van der Waals surface area contributed by atoms with Crippen molar-refractivity contribution in [2.24, 2.45) is 0 Å². The zero-order chi connectivity index (χ0) is 11.3. The van der Waals surface area contributed by atoms with E-state index in [1.165, 1.54) is 12.3 Å². The van der Waals surface area contributed by atoms with E-state index in [2.05, 4.69) is 5.32 Å². The molecule has 0 radical (unpaired) electrons. The third-order valence-corrected chi connectivity index (χ3v) is 2.00. The van der Waals surface area contributed by atoms with Crippen molar-refractivity contribution in [1.29, 1.82) is 0 Å². The molecule has 1 heterocycles. The molecule has 0 spiro atoms. The van der Waals surface area contributed by atoms with Crippen molar-refractivity contribution < 1.29 is 19.4 Å². The summed E-state index contributed by atoms with van der Waals surface area (Å²) in [6.07, 6.45) is 1.63. The Morgan fingerprint density at radius 3 is 3.00 bits per heavy atom. The van der Waals surface area contributed by atoms with Gasteiger partial charge in [-0.25, -0.2) is 4.79 Å². The van der Waals surface area contributed by atoms with E-state index in [1.54, 1.807) is 6.92 Å². The zero-order valence-corrected chi connectivity index (χ0v) is 8.56. The number of carboxylic acids is 1. The molecule has 1 atom stereocenters. The summed E-state index contributed by atoms with van der Waals surface area (Å²) in [5, 5.41) is 20.8. The average molecular weight is 213 g/mol. The first-order valence-corrected chi connectivity index (χ1v) is 4.79. The summed E-state index contributed by atoms with van der Waals surface area (Å²) in [4.78, 5) is 10.7. The number of aliphatic hydroxyl groups is 1. The molecule has 0 aromatic carbocycles. The van der Waals surface area contributed by atoms with Crippen molar-refractivity contribution in [3.05, 3.63) is 23.7 Å². The van der Waals surface area contributed by atoms with Crippen LogP contribution in [-0.4, -0.2) is 28.8 Å². The Balaban J connectivity index is 2.37. The summed E-state index contributed by atoms with van der Waals surface area (Å²) in [5.74, 6) is -0.579. The molecule has 84 valence electrons.